The quantitative estimate of drug-likeness (QED) is 0.457. The van der Waals surface area contributed by atoms with Crippen molar-refractivity contribution in [3.63, 3.8) is 0 Å². The third kappa shape index (κ3) is 4.26. The second kappa shape index (κ2) is 9.19. The molecule has 0 atom stereocenters. The van der Waals surface area contributed by atoms with Crippen molar-refractivity contribution in [3.8, 4) is 11.1 Å². The topological polar surface area (TPSA) is 67.2 Å². The van der Waals surface area contributed by atoms with Crippen LogP contribution in [0.2, 0.25) is 0 Å². The molecule has 6 nitrogen and oxygen atoms in total. The molecule has 0 spiro atoms. The normalized spacial score (nSPS) is 12.6. The van der Waals surface area contributed by atoms with Gasteiger partial charge in [-0.25, -0.2) is 0 Å². The SMILES string of the molecule is C=C1c2ccccc2C(=O)N1CC(=O)NCc1ccccc1-c1ccc(Cn2cccn2)cc1. The standard InChI is InChI=1S/C28H24N4O2/c1-20-24-8-4-5-10-26(24)28(34)32(20)19-27(33)29-17-23-7-2-3-9-25(23)22-13-11-21(12-14-22)18-31-16-6-15-30-31/h2-16H,1,17-19H2,(H,29,33). The van der Waals surface area contributed by atoms with Gasteiger partial charge in [-0.05, 0) is 34.4 Å². The molecule has 0 radical (unpaired) electrons. The monoisotopic (exact) mass is 448 g/mol. The lowest BCUT2D eigenvalue weighted by Gasteiger charge is -2.17. The summed E-state index contributed by atoms with van der Waals surface area (Å²) in [6.45, 7) is 5.03. The molecule has 1 aromatic heterocycles. The van der Waals surface area contributed by atoms with Crippen molar-refractivity contribution in [3.05, 3.63) is 120 Å². The predicted molar refractivity (Wildman–Crippen MR) is 132 cm³/mol. The van der Waals surface area contributed by atoms with Crippen molar-refractivity contribution in [1.82, 2.24) is 20.0 Å². The Bertz CT molecular complexity index is 1320. The van der Waals surface area contributed by atoms with Gasteiger partial charge in [-0.15, -0.1) is 0 Å². The zero-order valence-corrected chi connectivity index (χ0v) is 18.6. The molecule has 2 heterocycles. The first-order valence-corrected chi connectivity index (χ1v) is 11.1. The summed E-state index contributed by atoms with van der Waals surface area (Å²) in [7, 11) is 0. The highest BCUT2D eigenvalue weighted by molar-refractivity contribution is 6.10. The number of rotatable bonds is 7. The molecule has 1 aliphatic heterocycles. The zero-order valence-electron chi connectivity index (χ0n) is 18.6. The van der Waals surface area contributed by atoms with Crippen LogP contribution in [0.15, 0.2) is 97.8 Å². The highest BCUT2D eigenvalue weighted by Crippen LogP contribution is 2.30. The van der Waals surface area contributed by atoms with E-state index in [0.717, 1.165) is 34.4 Å². The molecule has 0 saturated heterocycles. The van der Waals surface area contributed by atoms with E-state index in [9.17, 15) is 9.59 Å². The molecule has 5 rings (SSSR count). The summed E-state index contributed by atoms with van der Waals surface area (Å²) < 4.78 is 1.89. The Hall–Kier alpha value is -4.45. The molecule has 0 saturated carbocycles. The molecule has 3 aromatic carbocycles. The highest BCUT2D eigenvalue weighted by atomic mass is 16.2. The van der Waals surface area contributed by atoms with Crippen LogP contribution < -0.4 is 5.32 Å². The van der Waals surface area contributed by atoms with E-state index < -0.39 is 0 Å². The second-order valence-electron chi connectivity index (χ2n) is 8.22. The van der Waals surface area contributed by atoms with Crippen LogP contribution in [0.1, 0.15) is 27.0 Å². The molecule has 0 unspecified atom stereocenters. The largest absolute Gasteiger partial charge is 0.350 e. The Morgan fingerprint density at radius 2 is 1.59 bits per heavy atom. The Morgan fingerprint density at radius 3 is 2.29 bits per heavy atom. The fraction of sp³-hybridized carbons (Fsp3) is 0.107. The molecule has 0 bridgehead atoms. The first-order chi connectivity index (χ1) is 16.6. The van der Waals surface area contributed by atoms with Gasteiger partial charge < -0.3 is 5.32 Å². The van der Waals surface area contributed by atoms with Crippen molar-refractivity contribution < 1.29 is 9.59 Å². The van der Waals surface area contributed by atoms with Crippen LogP contribution in [0.4, 0.5) is 0 Å². The minimum Gasteiger partial charge on any atom is -0.350 e. The van der Waals surface area contributed by atoms with E-state index in [4.69, 9.17) is 0 Å². The Labute approximate surface area is 198 Å². The summed E-state index contributed by atoms with van der Waals surface area (Å²) in [5.41, 5.74) is 6.23. The zero-order chi connectivity index (χ0) is 23.5. The number of hydrogen-bond acceptors (Lipinski definition) is 3. The lowest BCUT2D eigenvalue weighted by Crippen LogP contribution is -2.36. The van der Waals surface area contributed by atoms with E-state index in [-0.39, 0.29) is 18.4 Å². The average molecular weight is 449 g/mol. The Kier molecular flexibility index (Phi) is 5.79. The minimum atomic E-state index is -0.230. The van der Waals surface area contributed by atoms with E-state index in [2.05, 4.69) is 41.3 Å². The fourth-order valence-corrected chi connectivity index (χ4v) is 4.22. The smallest absolute Gasteiger partial charge is 0.259 e. The molecule has 4 aromatic rings. The number of aromatic nitrogens is 2. The number of nitrogens with zero attached hydrogens (tertiary/aromatic N) is 3. The van der Waals surface area contributed by atoms with Crippen LogP contribution in [-0.4, -0.2) is 33.0 Å². The lowest BCUT2D eigenvalue weighted by atomic mass is 9.98. The van der Waals surface area contributed by atoms with Crippen molar-refractivity contribution in [1.29, 1.82) is 0 Å². The van der Waals surface area contributed by atoms with Gasteiger partial charge in [0.15, 0.2) is 0 Å². The minimum absolute atomic E-state index is 0.0589. The molecule has 0 aliphatic carbocycles. The van der Waals surface area contributed by atoms with E-state index >= 15 is 0 Å². The molecule has 6 heteroatoms. The lowest BCUT2D eigenvalue weighted by molar-refractivity contribution is -0.121. The summed E-state index contributed by atoms with van der Waals surface area (Å²) in [5, 5.41) is 7.21. The molecule has 0 fully saturated rings. The molecule has 34 heavy (non-hydrogen) atoms. The van der Waals surface area contributed by atoms with Crippen LogP contribution in [0.5, 0.6) is 0 Å². The number of hydrogen-bond donors (Lipinski definition) is 1. The summed E-state index contributed by atoms with van der Waals surface area (Å²) >= 11 is 0. The van der Waals surface area contributed by atoms with E-state index in [1.165, 1.54) is 4.90 Å². The van der Waals surface area contributed by atoms with Crippen molar-refractivity contribution in [2.45, 2.75) is 13.1 Å². The number of benzene rings is 3. The van der Waals surface area contributed by atoms with Crippen LogP contribution in [-0.2, 0) is 17.9 Å². The van der Waals surface area contributed by atoms with Crippen molar-refractivity contribution >= 4 is 17.5 Å². The third-order valence-electron chi connectivity index (χ3n) is 6.00. The predicted octanol–water partition coefficient (Wildman–Crippen LogP) is 4.34. The van der Waals surface area contributed by atoms with Gasteiger partial charge in [0, 0.05) is 35.8 Å². The summed E-state index contributed by atoms with van der Waals surface area (Å²) in [4.78, 5) is 26.8. The highest BCUT2D eigenvalue weighted by Gasteiger charge is 2.31. The van der Waals surface area contributed by atoms with Crippen LogP contribution >= 0.6 is 0 Å². The van der Waals surface area contributed by atoms with Gasteiger partial charge >= 0.3 is 0 Å². The number of carbonyl (C=O) groups is 2. The average Bonchev–Trinajstić information content (AvgIpc) is 3.46. The molecule has 168 valence electrons. The summed E-state index contributed by atoms with van der Waals surface area (Å²) in [6, 6.07) is 25.6. The van der Waals surface area contributed by atoms with Gasteiger partial charge in [-0.3, -0.25) is 19.2 Å². The molecule has 2 amide bonds. The van der Waals surface area contributed by atoms with E-state index in [1.54, 1.807) is 12.3 Å². The molecule has 1 N–H and O–H groups in total. The van der Waals surface area contributed by atoms with Gasteiger partial charge in [0.05, 0.1) is 6.54 Å². The molecular formula is C28H24N4O2. The van der Waals surface area contributed by atoms with E-state index in [0.29, 0.717) is 17.8 Å². The maximum atomic E-state index is 12.7. The number of carbonyl (C=O) groups excluding carboxylic acids is 2. The first-order valence-electron chi connectivity index (χ1n) is 11.1. The third-order valence-corrected chi connectivity index (χ3v) is 6.00. The van der Waals surface area contributed by atoms with Crippen molar-refractivity contribution in [2.24, 2.45) is 0 Å². The maximum Gasteiger partial charge on any atom is 0.259 e. The number of fused-ring (bicyclic) bond motifs is 1. The van der Waals surface area contributed by atoms with Gasteiger partial charge in [0.25, 0.3) is 5.91 Å². The summed E-state index contributed by atoms with van der Waals surface area (Å²) in [6.07, 6.45) is 3.71. The fourth-order valence-electron chi connectivity index (χ4n) is 4.22. The van der Waals surface area contributed by atoms with Crippen molar-refractivity contribution in [2.75, 3.05) is 6.54 Å². The first kappa shape index (κ1) is 21.4. The number of nitrogens with one attached hydrogen (secondary N) is 1. The Morgan fingerprint density at radius 1 is 0.882 bits per heavy atom. The second-order valence-corrected chi connectivity index (χ2v) is 8.22. The van der Waals surface area contributed by atoms with Crippen LogP contribution in [0, 0.1) is 0 Å². The van der Waals surface area contributed by atoms with Gasteiger partial charge in [0.1, 0.15) is 6.54 Å². The Balaban J connectivity index is 1.24. The van der Waals surface area contributed by atoms with Gasteiger partial charge in [-0.2, -0.15) is 5.10 Å². The molecule has 1 aliphatic rings. The summed E-state index contributed by atoms with van der Waals surface area (Å²) in [5.74, 6) is -0.418. The van der Waals surface area contributed by atoms with Crippen LogP contribution in [0.3, 0.4) is 0 Å². The van der Waals surface area contributed by atoms with Crippen LogP contribution in [0.25, 0.3) is 16.8 Å². The van der Waals surface area contributed by atoms with Gasteiger partial charge in [-0.1, -0.05) is 73.3 Å². The van der Waals surface area contributed by atoms with Gasteiger partial charge in [0.2, 0.25) is 5.91 Å². The molecular weight excluding hydrogens is 424 g/mol. The number of amides is 2. The maximum absolute atomic E-state index is 12.7. The van der Waals surface area contributed by atoms with E-state index in [1.807, 2.05) is 59.4 Å².